The third-order valence-electron chi connectivity index (χ3n) is 7.16. The molecule has 2 aliphatic carbocycles. The Morgan fingerprint density at radius 3 is 2.14 bits per heavy atom. The summed E-state index contributed by atoms with van der Waals surface area (Å²) < 4.78 is 12.4. The van der Waals surface area contributed by atoms with Gasteiger partial charge in [0.25, 0.3) is 14.3 Å². The minimum Gasteiger partial charge on any atom is -0.519 e. The van der Waals surface area contributed by atoms with Crippen molar-refractivity contribution < 1.29 is 9.16 Å². The Kier molecular flexibility index (Phi) is 3.85. The molecular formula is C18H34O2Si. The molecule has 0 aromatic rings. The van der Waals surface area contributed by atoms with Crippen molar-refractivity contribution in [2.75, 3.05) is 0 Å². The molecule has 0 aliphatic heterocycles. The van der Waals surface area contributed by atoms with Crippen molar-refractivity contribution in [1.29, 1.82) is 0 Å². The van der Waals surface area contributed by atoms with Gasteiger partial charge in [0.05, 0.1) is 0 Å². The zero-order chi connectivity index (χ0) is 16.3. The second kappa shape index (κ2) is 4.77. The van der Waals surface area contributed by atoms with Crippen molar-refractivity contribution >= 4 is 8.32 Å². The molecule has 2 bridgehead atoms. The van der Waals surface area contributed by atoms with Crippen LogP contribution in [0.1, 0.15) is 60.8 Å². The molecule has 2 fully saturated rings. The van der Waals surface area contributed by atoms with Crippen LogP contribution in [0, 0.1) is 16.7 Å². The van der Waals surface area contributed by atoms with E-state index in [1.165, 1.54) is 12.8 Å². The van der Waals surface area contributed by atoms with Crippen molar-refractivity contribution in [2.24, 2.45) is 16.7 Å². The molecule has 2 saturated carbocycles. The molecule has 3 unspecified atom stereocenters. The smallest absolute Gasteiger partial charge is 0.257 e. The molecular weight excluding hydrogens is 276 g/mol. The first kappa shape index (κ1) is 16.9. The van der Waals surface area contributed by atoms with E-state index in [1.54, 1.807) is 0 Å². The molecule has 0 spiro atoms. The maximum atomic E-state index is 6.23. The minimum atomic E-state index is -1.85. The average molecular weight is 311 g/mol. The molecule has 0 radical (unpaired) electrons. The van der Waals surface area contributed by atoms with Crippen molar-refractivity contribution in [1.82, 2.24) is 0 Å². The predicted molar refractivity (Wildman–Crippen MR) is 91.5 cm³/mol. The lowest BCUT2D eigenvalue weighted by Crippen LogP contribution is -2.42. The highest BCUT2D eigenvalue weighted by Crippen LogP contribution is 2.66. The first-order valence-corrected chi connectivity index (χ1v) is 11.3. The molecule has 2 rings (SSSR count). The molecule has 2 aliphatic rings. The molecule has 21 heavy (non-hydrogen) atoms. The molecule has 2 nitrogen and oxygen atoms in total. The average Bonchev–Trinajstić information content (AvgIpc) is 2.59. The summed E-state index contributed by atoms with van der Waals surface area (Å²) in [5.74, 6) is 1.34. The lowest BCUT2D eigenvalue weighted by Gasteiger charge is -2.41. The molecule has 0 aromatic heterocycles. The van der Waals surface area contributed by atoms with Gasteiger partial charge in [-0.05, 0) is 55.3 Å². The van der Waals surface area contributed by atoms with E-state index in [4.69, 9.17) is 9.16 Å². The Morgan fingerprint density at radius 1 is 1.19 bits per heavy atom. The van der Waals surface area contributed by atoms with Crippen molar-refractivity contribution in [3.8, 4) is 0 Å². The molecule has 0 N–H and O–H groups in total. The fraction of sp³-hybridized carbons (Fsp3) is 0.889. The lowest BCUT2D eigenvalue weighted by atomic mass is 9.70. The second-order valence-electron chi connectivity index (χ2n) is 9.45. The summed E-state index contributed by atoms with van der Waals surface area (Å²) in [6, 6.07) is 0. The highest BCUT2D eigenvalue weighted by Gasteiger charge is 2.62. The van der Waals surface area contributed by atoms with Crippen LogP contribution in [-0.2, 0) is 9.16 Å². The van der Waals surface area contributed by atoms with Crippen LogP contribution < -0.4 is 0 Å². The van der Waals surface area contributed by atoms with E-state index < -0.39 is 8.32 Å². The van der Waals surface area contributed by atoms with Crippen LogP contribution in [0.25, 0.3) is 0 Å². The van der Waals surface area contributed by atoms with Gasteiger partial charge in [-0.1, -0.05) is 41.5 Å². The third kappa shape index (κ3) is 2.56. The number of fused-ring (bicyclic) bond motifs is 2. The van der Waals surface area contributed by atoms with Gasteiger partial charge in [-0.25, -0.2) is 0 Å². The standard InChI is InChI=1S/C18H34O2Si/c1-13(20-21(8,9)16(2,3)4)19-15-12-14-10-11-18(15,7)17(14,5)6/h14-15H,1,10-12H2,2-9H3. The van der Waals surface area contributed by atoms with Crippen LogP contribution in [0.2, 0.25) is 18.1 Å². The van der Waals surface area contributed by atoms with Gasteiger partial charge < -0.3 is 9.16 Å². The van der Waals surface area contributed by atoms with Gasteiger partial charge >= 0.3 is 0 Å². The van der Waals surface area contributed by atoms with E-state index >= 15 is 0 Å². The van der Waals surface area contributed by atoms with Crippen LogP contribution in [0.5, 0.6) is 0 Å². The van der Waals surface area contributed by atoms with Gasteiger partial charge in [0.1, 0.15) is 6.10 Å². The fourth-order valence-electron chi connectivity index (χ4n) is 3.93. The summed E-state index contributed by atoms with van der Waals surface area (Å²) in [4.78, 5) is 0. The SMILES string of the molecule is C=C(OC1CC2CCC1(C)C2(C)C)O[Si](C)(C)C(C)(C)C. The molecule has 122 valence electrons. The number of hydrogen-bond acceptors (Lipinski definition) is 2. The van der Waals surface area contributed by atoms with E-state index in [2.05, 4.69) is 61.2 Å². The van der Waals surface area contributed by atoms with Crippen molar-refractivity contribution in [3.63, 3.8) is 0 Å². The first-order valence-electron chi connectivity index (χ1n) is 8.36. The summed E-state index contributed by atoms with van der Waals surface area (Å²) in [6.45, 7) is 22.5. The molecule has 3 atom stereocenters. The Bertz CT molecular complexity index is 433. The Morgan fingerprint density at radius 2 is 1.76 bits per heavy atom. The summed E-state index contributed by atoms with van der Waals surface area (Å²) in [7, 11) is -1.85. The van der Waals surface area contributed by atoms with E-state index in [9.17, 15) is 0 Å². The van der Waals surface area contributed by atoms with Gasteiger partial charge in [0.2, 0.25) is 0 Å². The highest BCUT2D eigenvalue weighted by atomic mass is 28.4. The summed E-state index contributed by atoms with van der Waals surface area (Å²) in [5.41, 5.74) is 0.631. The largest absolute Gasteiger partial charge is 0.519 e. The number of rotatable bonds is 4. The van der Waals surface area contributed by atoms with Crippen molar-refractivity contribution in [3.05, 3.63) is 12.5 Å². The Hall–Kier alpha value is -0.443. The minimum absolute atomic E-state index is 0.178. The van der Waals surface area contributed by atoms with Gasteiger partial charge in [-0.3, -0.25) is 0 Å². The topological polar surface area (TPSA) is 18.5 Å². The second-order valence-corrected chi connectivity index (χ2v) is 14.2. The van der Waals surface area contributed by atoms with Gasteiger partial charge in [0.15, 0.2) is 0 Å². The highest BCUT2D eigenvalue weighted by molar-refractivity contribution is 6.74. The van der Waals surface area contributed by atoms with E-state index in [0.717, 1.165) is 12.3 Å². The normalized spacial score (nSPS) is 34.9. The van der Waals surface area contributed by atoms with E-state index in [-0.39, 0.29) is 16.6 Å². The molecule has 0 heterocycles. The van der Waals surface area contributed by atoms with Gasteiger partial charge in [-0.15, -0.1) is 0 Å². The maximum Gasteiger partial charge on any atom is 0.257 e. The summed E-state index contributed by atoms with van der Waals surface area (Å²) in [5, 5.41) is 0.178. The number of ether oxygens (including phenoxy) is 1. The van der Waals surface area contributed by atoms with Crippen LogP contribution in [-0.4, -0.2) is 14.4 Å². The third-order valence-corrected chi connectivity index (χ3v) is 11.5. The number of hydrogen-bond donors (Lipinski definition) is 0. The first-order chi connectivity index (χ1) is 9.31. The maximum absolute atomic E-state index is 6.23. The predicted octanol–water partition coefficient (Wildman–Crippen LogP) is 5.71. The molecule has 0 saturated heterocycles. The molecule has 3 heteroatoms. The summed E-state index contributed by atoms with van der Waals surface area (Å²) >= 11 is 0. The van der Waals surface area contributed by atoms with Crippen LogP contribution >= 0.6 is 0 Å². The van der Waals surface area contributed by atoms with E-state index in [1.807, 2.05) is 0 Å². The Balaban J connectivity index is 2.03. The van der Waals surface area contributed by atoms with Crippen molar-refractivity contribution in [2.45, 2.75) is 85.0 Å². The van der Waals surface area contributed by atoms with Crippen LogP contribution in [0.4, 0.5) is 0 Å². The summed E-state index contributed by atoms with van der Waals surface area (Å²) in [6.07, 6.45) is 4.04. The zero-order valence-corrected chi connectivity index (χ0v) is 16.3. The van der Waals surface area contributed by atoms with Gasteiger partial charge in [-0.2, -0.15) is 0 Å². The quantitative estimate of drug-likeness (QED) is 0.489. The zero-order valence-electron chi connectivity index (χ0n) is 15.3. The van der Waals surface area contributed by atoms with Crippen LogP contribution in [0.15, 0.2) is 12.5 Å². The monoisotopic (exact) mass is 310 g/mol. The van der Waals surface area contributed by atoms with Gasteiger partial charge in [0, 0.05) is 5.41 Å². The molecule has 0 aromatic carbocycles. The van der Waals surface area contributed by atoms with E-state index in [0.29, 0.717) is 11.4 Å². The Labute approximate surface area is 132 Å². The lowest BCUT2D eigenvalue weighted by molar-refractivity contribution is -0.0472. The van der Waals surface area contributed by atoms with Crippen LogP contribution in [0.3, 0.4) is 0 Å². The molecule has 0 amide bonds. The fourth-order valence-corrected chi connectivity index (χ4v) is 4.85.